The molecule has 0 saturated carbocycles. The van der Waals surface area contributed by atoms with Gasteiger partial charge >= 0.3 is 35.9 Å². The molecule has 0 N–H and O–H groups in total. The minimum atomic E-state index is -5.17. The molecule has 15 heteroatoms. The van der Waals surface area contributed by atoms with Crippen molar-refractivity contribution >= 4 is 16.1 Å². The number of carbonyl (C=O) groups excluding carboxylic acids is 1. The monoisotopic (exact) mass is 418 g/mol. The molecule has 0 spiro atoms. The molecule has 0 bridgehead atoms. The van der Waals surface area contributed by atoms with Crippen LogP contribution in [-0.2, 0) is 17.1 Å². The Morgan fingerprint density at radius 1 is 1.26 bits per heavy atom. The predicted molar refractivity (Wildman–Crippen MR) is 78.5 cm³/mol. The third kappa shape index (κ3) is 5.24. The van der Waals surface area contributed by atoms with E-state index in [-0.39, 0.29) is 40.2 Å². The van der Waals surface area contributed by atoms with E-state index in [1.807, 2.05) is 0 Å². The van der Waals surface area contributed by atoms with E-state index >= 15 is 0 Å². The Morgan fingerprint density at radius 3 is 2.37 bits per heavy atom. The number of alkyl halides is 3. The molecule has 1 amide bonds. The van der Waals surface area contributed by atoms with Crippen molar-refractivity contribution in [2.45, 2.75) is 11.3 Å². The first kappa shape index (κ1) is 23.0. The number of amides is 1. The van der Waals surface area contributed by atoms with Gasteiger partial charge in [-0.05, 0) is 12.1 Å². The van der Waals surface area contributed by atoms with Crippen LogP contribution < -0.4 is 44.7 Å². The smallest absolute Gasteiger partial charge is 0.468 e. The number of hydrogen-bond acceptors (Lipinski definition) is 7. The fourth-order valence-corrected chi connectivity index (χ4v) is 2.78. The molecule has 0 aliphatic heterocycles. The van der Waals surface area contributed by atoms with Gasteiger partial charge in [-0.2, -0.15) is 5.10 Å². The second-order valence-electron chi connectivity index (χ2n) is 4.58. The fourth-order valence-electron chi connectivity index (χ4n) is 1.78. The van der Waals surface area contributed by atoms with Crippen LogP contribution in [0.1, 0.15) is 0 Å². The van der Waals surface area contributed by atoms with Crippen molar-refractivity contribution in [3.8, 4) is 11.8 Å². The zero-order valence-electron chi connectivity index (χ0n) is 14.1. The first-order valence-electron chi connectivity index (χ1n) is 6.53. The van der Waals surface area contributed by atoms with Gasteiger partial charge in [-0.15, -0.1) is 13.2 Å². The molecule has 27 heavy (non-hydrogen) atoms. The van der Waals surface area contributed by atoms with E-state index in [1.54, 1.807) is 0 Å². The van der Waals surface area contributed by atoms with E-state index in [0.717, 1.165) is 35.9 Å². The van der Waals surface area contributed by atoms with Crippen LogP contribution >= 0.6 is 0 Å². The summed E-state index contributed by atoms with van der Waals surface area (Å²) in [5.74, 6) is -1.08. The zero-order chi connectivity index (χ0) is 19.7. The van der Waals surface area contributed by atoms with E-state index < -0.39 is 38.8 Å². The number of benzene rings is 1. The molecule has 0 radical (unpaired) electrons. The maximum Gasteiger partial charge on any atom is 1.00 e. The molecule has 0 unspecified atom stereocenters. The standard InChI is InChI=1S/C12H11F3N4O6S.Na/c1-18-10(24-2)16-19(11(18)21)9(20)17-26(22,23)8-6-4-3-5-7(8)25-12(13,14)15;/h3-6H,1-2H3,(H,17,20);/q;+1/p-1. The second kappa shape index (κ2) is 8.33. The van der Waals surface area contributed by atoms with Gasteiger partial charge < -0.3 is 14.2 Å². The minimum absolute atomic E-state index is 0. The van der Waals surface area contributed by atoms with Gasteiger partial charge in [0.25, 0.3) is 11.7 Å². The number of carbonyl (C=O) groups is 1. The van der Waals surface area contributed by atoms with Crippen molar-refractivity contribution in [1.82, 2.24) is 14.3 Å². The average Bonchev–Trinajstić information content (AvgIpc) is 2.81. The van der Waals surface area contributed by atoms with Gasteiger partial charge in [0.2, 0.25) is 10.0 Å². The molecule has 1 aromatic carbocycles. The first-order valence-corrected chi connectivity index (χ1v) is 7.97. The number of methoxy groups -OCH3 is 1. The number of aromatic nitrogens is 3. The average molecular weight is 418 g/mol. The van der Waals surface area contributed by atoms with Crippen molar-refractivity contribution in [1.29, 1.82) is 0 Å². The zero-order valence-corrected chi connectivity index (χ0v) is 16.9. The van der Waals surface area contributed by atoms with Crippen molar-refractivity contribution in [2.24, 2.45) is 7.05 Å². The van der Waals surface area contributed by atoms with Crippen LogP contribution in [0.4, 0.5) is 18.0 Å². The molecule has 0 fully saturated rings. The summed E-state index contributed by atoms with van der Waals surface area (Å²) in [7, 11) is -2.60. The summed E-state index contributed by atoms with van der Waals surface area (Å²) in [6.07, 6.45) is -5.17. The molecule has 0 aliphatic carbocycles. The van der Waals surface area contributed by atoms with Gasteiger partial charge in [0.15, 0.2) is 6.03 Å². The van der Waals surface area contributed by atoms with Crippen molar-refractivity contribution in [3.05, 3.63) is 39.5 Å². The van der Waals surface area contributed by atoms with Gasteiger partial charge in [0.05, 0.1) is 7.11 Å². The Kier molecular flexibility index (Phi) is 7.10. The quantitative estimate of drug-likeness (QED) is 0.538. The Bertz CT molecular complexity index is 1000. The molecular weight excluding hydrogens is 408 g/mol. The number of hydrogen-bond donors (Lipinski definition) is 0. The minimum Gasteiger partial charge on any atom is -0.468 e. The molecule has 1 aromatic heterocycles. The van der Waals surface area contributed by atoms with Crippen molar-refractivity contribution in [3.63, 3.8) is 0 Å². The Morgan fingerprint density at radius 2 is 1.85 bits per heavy atom. The predicted octanol–water partition coefficient (Wildman–Crippen LogP) is -1.78. The van der Waals surface area contributed by atoms with Crippen LogP contribution in [0.3, 0.4) is 0 Å². The van der Waals surface area contributed by atoms with E-state index in [0.29, 0.717) is 0 Å². The molecular formula is C12H10F3N4NaO6S. The van der Waals surface area contributed by atoms with E-state index in [1.165, 1.54) is 7.05 Å². The summed E-state index contributed by atoms with van der Waals surface area (Å²) in [4.78, 5) is 22.7. The normalized spacial score (nSPS) is 11.4. The van der Waals surface area contributed by atoms with Crippen LogP contribution in [-0.4, -0.2) is 42.3 Å². The van der Waals surface area contributed by atoms with Crippen LogP contribution in [0.2, 0.25) is 0 Å². The Hall–Kier alpha value is -2.03. The number of halogens is 3. The van der Waals surface area contributed by atoms with Crippen LogP contribution in [0.15, 0.2) is 34.0 Å². The second-order valence-corrected chi connectivity index (χ2v) is 6.16. The topological polar surface area (TPSA) is 124 Å². The first-order chi connectivity index (χ1) is 12.0. The number of nitrogens with zero attached hydrogens (tertiary/aromatic N) is 4. The molecule has 10 nitrogen and oxygen atoms in total. The number of rotatable bonds is 4. The van der Waals surface area contributed by atoms with Crippen LogP contribution in [0, 0.1) is 0 Å². The number of ether oxygens (including phenoxy) is 2. The van der Waals surface area contributed by atoms with E-state index in [9.17, 15) is 31.2 Å². The van der Waals surface area contributed by atoms with E-state index in [2.05, 4.69) is 19.3 Å². The molecule has 142 valence electrons. The van der Waals surface area contributed by atoms with Crippen molar-refractivity contribution in [2.75, 3.05) is 7.11 Å². The third-order valence-corrected chi connectivity index (χ3v) is 4.15. The maximum absolute atomic E-state index is 12.4. The van der Waals surface area contributed by atoms with Gasteiger partial charge in [-0.3, -0.25) is 18.8 Å². The summed E-state index contributed by atoms with van der Waals surface area (Å²) < 4.78 is 73.5. The molecule has 0 atom stereocenters. The molecule has 2 aromatic rings. The van der Waals surface area contributed by atoms with Gasteiger partial charge in [-0.25, -0.2) is 8.42 Å². The largest absolute Gasteiger partial charge is 1.00 e. The van der Waals surface area contributed by atoms with E-state index in [4.69, 9.17) is 0 Å². The van der Waals surface area contributed by atoms with Crippen LogP contribution in [0.25, 0.3) is 4.72 Å². The summed E-state index contributed by atoms with van der Waals surface area (Å²) in [6.45, 7) is 0. The summed E-state index contributed by atoms with van der Waals surface area (Å²) in [5, 5.41) is 3.41. The Balaban J connectivity index is 0.00000364. The molecule has 1 heterocycles. The molecule has 0 aliphatic rings. The fraction of sp³-hybridized carbons (Fsp3) is 0.250. The van der Waals surface area contributed by atoms with Crippen molar-refractivity contribution < 1.29 is 65.4 Å². The summed E-state index contributed by atoms with van der Waals surface area (Å²) in [6, 6.07) is 1.74. The third-order valence-electron chi connectivity index (χ3n) is 2.86. The molecule has 2 rings (SSSR count). The SMILES string of the molecule is COc1nn(C(=O)[N-]S(=O)(=O)c2ccccc2OC(F)(F)F)c(=O)n1C.[Na+]. The molecule has 0 saturated heterocycles. The number of sulfonamides is 1. The maximum atomic E-state index is 12.4. The Labute approximate surface area is 172 Å². The number of para-hydroxylation sites is 1. The van der Waals surface area contributed by atoms with Gasteiger partial charge in [0.1, 0.15) is 10.6 Å². The van der Waals surface area contributed by atoms with Crippen LogP contribution in [0.5, 0.6) is 11.8 Å². The van der Waals surface area contributed by atoms with Gasteiger partial charge in [0, 0.05) is 7.05 Å². The summed E-state index contributed by atoms with van der Waals surface area (Å²) in [5.41, 5.74) is -1.06. The van der Waals surface area contributed by atoms with Gasteiger partial charge in [-0.1, -0.05) is 12.1 Å². The summed E-state index contributed by atoms with van der Waals surface area (Å²) >= 11 is 0.